The van der Waals surface area contributed by atoms with Crippen LogP contribution in [0.4, 0.5) is 5.69 Å². The van der Waals surface area contributed by atoms with Crippen LogP contribution in [0.25, 0.3) is 5.69 Å². The predicted octanol–water partition coefficient (Wildman–Crippen LogP) is 1.86. The van der Waals surface area contributed by atoms with Crippen molar-refractivity contribution >= 4 is 23.2 Å². The highest BCUT2D eigenvalue weighted by Crippen LogP contribution is 2.25. The number of hydrogen-bond acceptors (Lipinski definition) is 4. The number of amides is 1. The molecule has 0 radical (unpaired) electrons. The van der Waals surface area contributed by atoms with Crippen LogP contribution in [0.5, 0.6) is 0 Å². The summed E-state index contributed by atoms with van der Waals surface area (Å²) >= 11 is 6.04. The highest BCUT2D eigenvalue weighted by molar-refractivity contribution is 6.31. The fraction of sp³-hybridized carbons (Fsp3) is 0.357. The molecule has 1 fully saturated rings. The molecule has 110 valence electrons. The van der Waals surface area contributed by atoms with Gasteiger partial charge >= 0.3 is 0 Å². The number of piperidine rings is 1. The van der Waals surface area contributed by atoms with Crippen molar-refractivity contribution in [2.24, 2.45) is 5.92 Å². The summed E-state index contributed by atoms with van der Waals surface area (Å²) in [4.78, 5) is 16.3. The van der Waals surface area contributed by atoms with Gasteiger partial charge in [0.15, 0.2) is 0 Å². The van der Waals surface area contributed by atoms with Crippen LogP contribution in [0, 0.1) is 5.92 Å². The average Bonchev–Trinajstić information content (AvgIpc) is 3.02. The van der Waals surface area contributed by atoms with Crippen LogP contribution in [0.3, 0.4) is 0 Å². The van der Waals surface area contributed by atoms with Gasteiger partial charge in [0, 0.05) is 11.6 Å². The second-order valence-corrected chi connectivity index (χ2v) is 5.47. The molecular formula is C14H16ClN5O. The van der Waals surface area contributed by atoms with E-state index in [1.165, 1.54) is 6.33 Å². The topological polar surface area (TPSA) is 71.8 Å². The van der Waals surface area contributed by atoms with Crippen LogP contribution >= 0.6 is 11.6 Å². The second kappa shape index (κ2) is 6.24. The number of carbonyl (C=O) groups excluding carboxylic acids is 1. The van der Waals surface area contributed by atoms with E-state index in [0.717, 1.165) is 25.1 Å². The summed E-state index contributed by atoms with van der Waals surface area (Å²) in [6.45, 7) is 1.69. The zero-order valence-electron chi connectivity index (χ0n) is 11.4. The van der Waals surface area contributed by atoms with Gasteiger partial charge in [0.25, 0.3) is 0 Å². The molecule has 2 heterocycles. The van der Waals surface area contributed by atoms with E-state index in [2.05, 4.69) is 20.7 Å². The van der Waals surface area contributed by atoms with Crippen LogP contribution in [-0.2, 0) is 4.79 Å². The van der Waals surface area contributed by atoms with Gasteiger partial charge in [-0.2, -0.15) is 5.10 Å². The van der Waals surface area contributed by atoms with Crippen LogP contribution in [0.1, 0.15) is 12.8 Å². The van der Waals surface area contributed by atoms with Gasteiger partial charge in [0.1, 0.15) is 12.7 Å². The molecular weight excluding hydrogens is 290 g/mol. The van der Waals surface area contributed by atoms with Crippen LogP contribution in [-0.4, -0.2) is 33.8 Å². The van der Waals surface area contributed by atoms with Crippen molar-refractivity contribution in [3.63, 3.8) is 0 Å². The lowest BCUT2D eigenvalue weighted by Gasteiger charge is -2.22. The largest absolute Gasteiger partial charge is 0.324 e. The van der Waals surface area contributed by atoms with Gasteiger partial charge < -0.3 is 10.6 Å². The molecule has 1 aromatic carbocycles. The Labute approximate surface area is 127 Å². The Morgan fingerprint density at radius 2 is 2.38 bits per heavy atom. The quantitative estimate of drug-likeness (QED) is 0.908. The molecule has 1 saturated heterocycles. The van der Waals surface area contributed by atoms with Crippen molar-refractivity contribution < 1.29 is 4.79 Å². The lowest BCUT2D eigenvalue weighted by atomic mass is 9.99. The number of anilines is 1. The summed E-state index contributed by atoms with van der Waals surface area (Å²) in [7, 11) is 0. The molecule has 21 heavy (non-hydrogen) atoms. The third kappa shape index (κ3) is 3.22. The van der Waals surface area contributed by atoms with Gasteiger partial charge in [0.2, 0.25) is 5.91 Å². The summed E-state index contributed by atoms with van der Waals surface area (Å²) in [6, 6.07) is 5.30. The number of benzene rings is 1. The number of halogens is 1. The molecule has 0 bridgehead atoms. The van der Waals surface area contributed by atoms with Crippen molar-refractivity contribution in [2.75, 3.05) is 18.4 Å². The van der Waals surface area contributed by atoms with Gasteiger partial charge in [-0.25, -0.2) is 9.67 Å². The van der Waals surface area contributed by atoms with Crippen molar-refractivity contribution in [1.29, 1.82) is 0 Å². The Bertz CT molecular complexity index is 622. The van der Waals surface area contributed by atoms with Crippen LogP contribution in [0.15, 0.2) is 30.9 Å². The second-order valence-electron chi connectivity index (χ2n) is 5.03. The van der Waals surface area contributed by atoms with Crippen LogP contribution in [0.2, 0.25) is 5.02 Å². The van der Waals surface area contributed by atoms with Gasteiger partial charge in [0.05, 0.1) is 17.3 Å². The Hall–Kier alpha value is -1.92. The van der Waals surface area contributed by atoms with E-state index in [1.54, 1.807) is 23.1 Å². The summed E-state index contributed by atoms with van der Waals surface area (Å²) in [6.07, 6.45) is 4.95. The smallest absolute Gasteiger partial charge is 0.228 e. The standard InChI is InChI=1S/C14H16ClN5O/c15-11-3-4-13(20-9-17-8-18-20)12(6-11)19-14(21)10-2-1-5-16-7-10/h3-4,6,8-10,16H,1-2,5,7H2,(H,19,21)/t10-/m0/s1. The first-order valence-electron chi connectivity index (χ1n) is 6.90. The van der Waals surface area contributed by atoms with Crippen molar-refractivity contribution in [3.05, 3.63) is 35.9 Å². The van der Waals surface area contributed by atoms with Crippen molar-refractivity contribution in [1.82, 2.24) is 20.1 Å². The molecule has 0 spiro atoms. The van der Waals surface area contributed by atoms with E-state index < -0.39 is 0 Å². The molecule has 1 amide bonds. The minimum atomic E-state index is -0.0127. The van der Waals surface area contributed by atoms with Crippen molar-refractivity contribution in [3.8, 4) is 5.69 Å². The Morgan fingerprint density at radius 1 is 1.48 bits per heavy atom. The monoisotopic (exact) mass is 305 g/mol. The normalized spacial score (nSPS) is 18.4. The summed E-state index contributed by atoms with van der Waals surface area (Å²) in [5, 5.41) is 10.9. The molecule has 1 atom stereocenters. The molecule has 2 N–H and O–H groups in total. The molecule has 1 aromatic heterocycles. The first kappa shape index (κ1) is 14.0. The molecule has 3 rings (SSSR count). The fourth-order valence-corrected chi connectivity index (χ4v) is 2.62. The minimum Gasteiger partial charge on any atom is -0.324 e. The predicted molar refractivity (Wildman–Crippen MR) is 80.6 cm³/mol. The lowest BCUT2D eigenvalue weighted by molar-refractivity contribution is -0.120. The number of nitrogens with zero attached hydrogens (tertiary/aromatic N) is 3. The Kier molecular flexibility index (Phi) is 4.17. The third-order valence-electron chi connectivity index (χ3n) is 3.55. The first-order valence-corrected chi connectivity index (χ1v) is 7.28. The highest BCUT2D eigenvalue weighted by Gasteiger charge is 2.22. The lowest BCUT2D eigenvalue weighted by Crippen LogP contribution is -2.37. The summed E-state index contributed by atoms with van der Waals surface area (Å²) in [5.74, 6) is -0.00726. The van der Waals surface area contributed by atoms with Gasteiger partial charge in [-0.05, 0) is 37.6 Å². The van der Waals surface area contributed by atoms with E-state index in [1.807, 2.05) is 6.07 Å². The van der Waals surface area contributed by atoms with E-state index >= 15 is 0 Å². The zero-order chi connectivity index (χ0) is 14.7. The Balaban J connectivity index is 1.84. The van der Waals surface area contributed by atoms with Crippen molar-refractivity contribution in [2.45, 2.75) is 12.8 Å². The van der Waals surface area contributed by atoms with E-state index in [-0.39, 0.29) is 11.8 Å². The SMILES string of the molecule is O=C(Nc1cc(Cl)ccc1-n1cncn1)[C@H]1CCCNC1. The minimum absolute atomic E-state index is 0.00540. The van der Waals surface area contributed by atoms with Crippen LogP contribution < -0.4 is 10.6 Å². The number of rotatable bonds is 3. The van der Waals surface area contributed by atoms with E-state index in [9.17, 15) is 4.79 Å². The zero-order valence-corrected chi connectivity index (χ0v) is 12.2. The molecule has 7 heteroatoms. The van der Waals surface area contributed by atoms with Gasteiger partial charge in [-0.1, -0.05) is 11.6 Å². The summed E-state index contributed by atoms with van der Waals surface area (Å²) in [5.41, 5.74) is 1.39. The van der Waals surface area contributed by atoms with Gasteiger partial charge in [-0.3, -0.25) is 4.79 Å². The maximum atomic E-state index is 12.4. The number of hydrogen-bond donors (Lipinski definition) is 2. The molecule has 0 aliphatic carbocycles. The molecule has 2 aromatic rings. The van der Waals surface area contributed by atoms with E-state index in [4.69, 9.17) is 11.6 Å². The molecule has 6 nitrogen and oxygen atoms in total. The van der Waals surface area contributed by atoms with E-state index in [0.29, 0.717) is 17.3 Å². The molecule has 0 saturated carbocycles. The molecule has 0 unspecified atom stereocenters. The maximum Gasteiger partial charge on any atom is 0.228 e. The highest BCUT2D eigenvalue weighted by atomic mass is 35.5. The maximum absolute atomic E-state index is 12.4. The number of carbonyl (C=O) groups is 1. The average molecular weight is 306 g/mol. The summed E-state index contributed by atoms with van der Waals surface area (Å²) < 4.78 is 1.60. The molecule has 1 aliphatic heterocycles. The van der Waals surface area contributed by atoms with Gasteiger partial charge in [-0.15, -0.1) is 0 Å². The number of nitrogens with one attached hydrogen (secondary N) is 2. The number of aromatic nitrogens is 3. The fourth-order valence-electron chi connectivity index (χ4n) is 2.45. The first-order chi connectivity index (χ1) is 10.2. The Morgan fingerprint density at radius 3 is 3.10 bits per heavy atom. The third-order valence-corrected chi connectivity index (χ3v) is 3.78. The molecule has 1 aliphatic rings.